The molecule has 3 aromatic rings. The van der Waals surface area contributed by atoms with Crippen molar-refractivity contribution >= 4 is 0 Å². The van der Waals surface area contributed by atoms with Gasteiger partial charge in [0.05, 0.1) is 18.2 Å². The minimum atomic E-state index is 0.937. The zero-order chi connectivity index (χ0) is 15.3. The van der Waals surface area contributed by atoms with Crippen LogP contribution in [0.4, 0.5) is 0 Å². The van der Waals surface area contributed by atoms with Crippen molar-refractivity contribution in [1.29, 1.82) is 0 Å². The van der Waals surface area contributed by atoms with Crippen LogP contribution in [0.1, 0.15) is 22.4 Å². The summed E-state index contributed by atoms with van der Waals surface area (Å²) in [7, 11) is 2.08. The molecule has 0 aliphatic heterocycles. The molecule has 22 heavy (non-hydrogen) atoms. The third-order valence-corrected chi connectivity index (χ3v) is 4.50. The van der Waals surface area contributed by atoms with Crippen LogP contribution in [0.25, 0.3) is 22.5 Å². The zero-order valence-corrected chi connectivity index (χ0v) is 13.2. The lowest BCUT2D eigenvalue weighted by Crippen LogP contribution is -2.32. The van der Waals surface area contributed by atoms with Gasteiger partial charge >= 0.3 is 5.82 Å². The van der Waals surface area contributed by atoms with Gasteiger partial charge < -0.3 is 0 Å². The van der Waals surface area contributed by atoms with Crippen LogP contribution in [0, 0.1) is 13.8 Å². The van der Waals surface area contributed by atoms with Crippen molar-refractivity contribution in [2.45, 2.75) is 20.3 Å². The summed E-state index contributed by atoms with van der Waals surface area (Å²) in [5.41, 5.74) is 8.98. The number of benzene rings is 2. The van der Waals surface area contributed by atoms with E-state index in [-0.39, 0.29) is 0 Å². The summed E-state index contributed by atoms with van der Waals surface area (Å²) in [6.45, 7) is 4.29. The summed E-state index contributed by atoms with van der Waals surface area (Å²) in [4.78, 5) is 4.99. The Labute approximate surface area is 131 Å². The van der Waals surface area contributed by atoms with E-state index in [1.54, 1.807) is 0 Å². The molecule has 1 heterocycles. The van der Waals surface area contributed by atoms with Gasteiger partial charge in [-0.15, -0.1) is 0 Å². The van der Waals surface area contributed by atoms with Gasteiger partial charge in [-0.1, -0.05) is 42.0 Å². The van der Waals surface area contributed by atoms with Gasteiger partial charge in [-0.25, -0.2) is 4.57 Å². The molecule has 2 aromatic carbocycles. The Morgan fingerprint density at radius 3 is 2.59 bits per heavy atom. The van der Waals surface area contributed by atoms with Crippen molar-refractivity contribution in [3.63, 3.8) is 0 Å². The van der Waals surface area contributed by atoms with Gasteiger partial charge in [0.1, 0.15) is 6.20 Å². The van der Waals surface area contributed by atoms with E-state index in [2.05, 4.69) is 74.1 Å². The predicted octanol–water partition coefficient (Wildman–Crippen LogP) is 3.76. The van der Waals surface area contributed by atoms with Crippen LogP contribution in [0.5, 0.6) is 0 Å². The monoisotopic (exact) mass is 287 g/mol. The molecule has 2 heteroatoms. The van der Waals surface area contributed by atoms with E-state index in [0.717, 1.165) is 12.2 Å². The van der Waals surface area contributed by atoms with E-state index in [4.69, 9.17) is 4.98 Å². The molecule has 1 aromatic heterocycles. The topological polar surface area (TPSA) is 16.8 Å². The van der Waals surface area contributed by atoms with E-state index in [1.807, 2.05) is 0 Å². The zero-order valence-electron chi connectivity index (χ0n) is 13.2. The lowest BCUT2D eigenvalue weighted by atomic mass is 10.1. The summed E-state index contributed by atoms with van der Waals surface area (Å²) in [6.07, 6.45) is 3.16. The molecule has 0 saturated heterocycles. The summed E-state index contributed by atoms with van der Waals surface area (Å²) < 4.78 is 2.15. The van der Waals surface area contributed by atoms with Crippen molar-refractivity contribution in [3.05, 3.63) is 71.0 Å². The number of hydrogen-bond donors (Lipinski definition) is 0. The summed E-state index contributed by atoms with van der Waals surface area (Å²) in [5, 5.41) is 0. The molecular weight excluding hydrogens is 268 g/mol. The van der Waals surface area contributed by atoms with Crippen LogP contribution >= 0.6 is 0 Å². The summed E-state index contributed by atoms with van der Waals surface area (Å²) in [6, 6.07) is 15.1. The molecule has 0 bridgehead atoms. The molecule has 0 unspecified atom stereocenters. The van der Waals surface area contributed by atoms with Gasteiger partial charge in [0.25, 0.3) is 0 Å². The molecule has 4 rings (SSSR count). The average Bonchev–Trinajstić information content (AvgIpc) is 2.83. The number of hydrogen-bond acceptors (Lipinski definition) is 1. The highest BCUT2D eigenvalue weighted by Crippen LogP contribution is 2.36. The molecule has 1 aliphatic rings. The van der Waals surface area contributed by atoms with Crippen molar-refractivity contribution in [2.75, 3.05) is 0 Å². The van der Waals surface area contributed by atoms with Gasteiger partial charge in [0, 0.05) is 6.42 Å². The fourth-order valence-corrected chi connectivity index (χ4v) is 3.34. The average molecular weight is 287 g/mol. The molecule has 0 amide bonds. The first-order chi connectivity index (χ1) is 10.6. The molecule has 0 saturated carbocycles. The van der Waals surface area contributed by atoms with Crippen LogP contribution in [0.2, 0.25) is 0 Å². The maximum atomic E-state index is 4.99. The highest BCUT2D eigenvalue weighted by Gasteiger charge is 2.28. The lowest BCUT2D eigenvalue weighted by Gasteiger charge is -2.05. The Kier molecular flexibility index (Phi) is 2.86. The van der Waals surface area contributed by atoms with Crippen LogP contribution in [-0.2, 0) is 13.5 Å². The van der Waals surface area contributed by atoms with E-state index in [0.29, 0.717) is 0 Å². The van der Waals surface area contributed by atoms with Crippen molar-refractivity contribution in [1.82, 2.24) is 4.98 Å². The molecular formula is C20H19N2+. The van der Waals surface area contributed by atoms with E-state index >= 15 is 0 Å². The second kappa shape index (κ2) is 4.77. The van der Waals surface area contributed by atoms with E-state index in [1.165, 1.54) is 39.1 Å². The van der Waals surface area contributed by atoms with Gasteiger partial charge in [0.2, 0.25) is 0 Å². The first kappa shape index (κ1) is 13.2. The van der Waals surface area contributed by atoms with Crippen molar-refractivity contribution in [3.8, 4) is 22.5 Å². The minimum absolute atomic E-state index is 0.937. The van der Waals surface area contributed by atoms with Gasteiger partial charge in [0.15, 0.2) is 5.69 Å². The summed E-state index contributed by atoms with van der Waals surface area (Å²) >= 11 is 0. The molecule has 0 spiro atoms. The van der Waals surface area contributed by atoms with Crippen LogP contribution in [0.15, 0.2) is 48.7 Å². The quantitative estimate of drug-likeness (QED) is 0.487. The fourth-order valence-electron chi connectivity index (χ4n) is 3.34. The number of aryl methyl sites for hydroxylation is 3. The first-order valence-corrected chi connectivity index (χ1v) is 7.69. The third-order valence-electron chi connectivity index (χ3n) is 4.50. The maximum Gasteiger partial charge on any atom is 0.330 e. The van der Waals surface area contributed by atoms with Crippen LogP contribution in [0.3, 0.4) is 0 Å². The normalized spacial score (nSPS) is 12.1. The standard InChI is InChI=1S/C20H19N2/c1-13-8-9-17-15(10-13)11-19-18(17)12-22(3)20(21-19)16-7-5-4-6-14(16)2/h4-10,12H,11H2,1-3H3/q+1. The van der Waals surface area contributed by atoms with Crippen LogP contribution in [-0.4, -0.2) is 4.98 Å². The Morgan fingerprint density at radius 2 is 1.77 bits per heavy atom. The molecule has 0 N–H and O–H groups in total. The Morgan fingerprint density at radius 1 is 0.955 bits per heavy atom. The third kappa shape index (κ3) is 1.95. The highest BCUT2D eigenvalue weighted by atomic mass is 15.0. The maximum absolute atomic E-state index is 4.99. The van der Waals surface area contributed by atoms with E-state index in [9.17, 15) is 0 Å². The highest BCUT2D eigenvalue weighted by molar-refractivity contribution is 5.75. The number of aromatic nitrogens is 2. The van der Waals surface area contributed by atoms with Crippen LogP contribution < -0.4 is 4.57 Å². The van der Waals surface area contributed by atoms with Crippen molar-refractivity contribution < 1.29 is 4.57 Å². The van der Waals surface area contributed by atoms with Gasteiger partial charge in [-0.3, -0.25) is 0 Å². The van der Waals surface area contributed by atoms with E-state index < -0.39 is 0 Å². The first-order valence-electron chi connectivity index (χ1n) is 7.69. The molecule has 0 radical (unpaired) electrons. The SMILES string of the molecule is Cc1ccc2c(c1)Cc1nc(-c3ccccc3C)[n+](C)cc1-2. The molecule has 0 atom stereocenters. The Hall–Kier alpha value is -2.48. The van der Waals surface area contributed by atoms with Crippen molar-refractivity contribution in [2.24, 2.45) is 7.05 Å². The Balaban J connectivity index is 1.90. The molecule has 0 fully saturated rings. The summed E-state index contributed by atoms with van der Waals surface area (Å²) in [5.74, 6) is 1.04. The Bertz CT molecular complexity index is 894. The number of fused-ring (bicyclic) bond motifs is 3. The number of nitrogens with zero attached hydrogens (tertiary/aromatic N) is 2. The second-order valence-corrected chi connectivity index (χ2v) is 6.19. The predicted molar refractivity (Wildman–Crippen MR) is 88.6 cm³/mol. The van der Waals surface area contributed by atoms with Gasteiger partial charge in [-0.05, 0) is 41.6 Å². The fraction of sp³-hybridized carbons (Fsp3) is 0.200. The molecule has 2 nitrogen and oxygen atoms in total. The second-order valence-electron chi connectivity index (χ2n) is 6.19. The lowest BCUT2D eigenvalue weighted by molar-refractivity contribution is -0.662. The number of rotatable bonds is 1. The molecule has 1 aliphatic carbocycles. The minimum Gasteiger partial charge on any atom is -0.232 e. The largest absolute Gasteiger partial charge is 0.330 e. The molecule has 108 valence electrons. The smallest absolute Gasteiger partial charge is 0.232 e. The van der Waals surface area contributed by atoms with Gasteiger partial charge in [-0.2, -0.15) is 0 Å².